The van der Waals surface area contributed by atoms with Gasteiger partial charge in [0.05, 0.1) is 38.1 Å². The molecule has 1 aromatic rings. The Morgan fingerprint density at radius 3 is 2.16 bits per heavy atom. The predicted octanol–water partition coefficient (Wildman–Crippen LogP) is 8.19. The summed E-state index contributed by atoms with van der Waals surface area (Å²) in [5, 5.41) is 0.824. The molecule has 45 heavy (non-hydrogen) atoms. The lowest BCUT2D eigenvalue weighted by atomic mass is 9.44. The SMILES string of the molecule is C[C@]12CC[C@H](OCCOCCN3CCCC3)C[C@H]1CC[C@@H]1[C@@H]2CC[C@@]2(C)[C@H]1CC[C@@]2(OCCN1CCCC1)c1ccc(Cl)cc1. The van der Waals surface area contributed by atoms with Gasteiger partial charge in [0.25, 0.3) is 0 Å². The highest BCUT2D eigenvalue weighted by Crippen LogP contribution is 2.71. The minimum Gasteiger partial charge on any atom is -0.378 e. The van der Waals surface area contributed by atoms with E-state index >= 15 is 0 Å². The van der Waals surface area contributed by atoms with Crippen molar-refractivity contribution < 1.29 is 14.2 Å². The molecule has 5 nitrogen and oxygen atoms in total. The van der Waals surface area contributed by atoms with Crippen molar-refractivity contribution in [3.8, 4) is 0 Å². The highest BCUT2D eigenvalue weighted by Gasteiger charge is 2.66. The average molecular weight is 641 g/mol. The van der Waals surface area contributed by atoms with Crippen molar-refractivity contribution in [2.24, 2.45) is 34.5 Å². The molecule has 0 aromatic heterocycles. The maximum Gasteiger partial charge on any atom is 0.0988 e. The van der Waals surface area contributed by atoms with Crippen LogP contribution in [0.4, 0.5) is 0 Å². The third-order valence-electron chi connectivity index (χ3n) is 14.3. The van der Waals surface area contributed by atoms with Crippen molar-refractivity contribution in [3.63, 3.8) is 0 Å². The fourth-order valence-corrected chi connectivity index (χ4v) is 11.9. The van der Waals surface area contributed by atoms with E-state index in [0.29, 0.717) is 11.5 Å². The van der Waals surface area contributed by atoms with Gasteiger partial charge in [0.15, 0.2) is 0 Å². The van der Waals surface area contributed by atoms with Crippen molar-refractivity contribution in [2.45, 2.75) is 109 Å². The molecule has 252 valence electrons. The quantitative estimate of drug-likeness (QED) is 0.215. The first kappa shape index (κ1) is 32.8. The van der Waals surface area contributed by atoms with Crippen LogP contribution in [0.15, 0.2) is 24.3 Å². The van der Waals surface area contributed by atoms with Gasteiger partial charge < -0.3 is 24.0 Å². The van der Waals surface area contributed by atoms with E-state index in [2.05, 4.69) is 47.9 Å². The van der Waals surface area contributed by atoms with Gasteiger partial charge in [0.1, 0.15) is 0 Å². The summed E-state index contributed by atoms with van der Waals surface area (Å²) in [5.41, 5.74) is 1.80. The Morgan fingerprint density at radius 1 is 0.733 bits per heavy atom. The van der Waals surface area contributed by atoms with Crippen LogP contribution in [0.25, 0.3) is 0 Å². The molecule has 0 N–H and O–H groups in total. The van der Waals surface area contributed by atoms with Crippen LogP contribution in [-0.4, -0.2) is 81.6 Å². The second kappa shape index (κ2) is 14.0. The summed E-state index contributed by atoms with van der Waals surface area (Å²) in [6, 6.07) is 8.77. The van der Waals surface area contributed by atoms with Crippen LogP contribution < -0.4 is 0 Å². The molecule has 6 fully saturated rings. The second-order valence-electron chi connectivity index (χ2n) is 16.3. The average Bonchev–Trinajstić information content (AvgIpc) is 3.81. The van der Waals surface area contributed by atoms with Crippen molar-refractivity contribution in [1.82, 2.24) is 9.80 Å². The third kappa shape index (κ3) is 6.42. The number of benzene rings is 1. The van der Waals surface area contributed by atoms with Crippen molar-refractivity contribution in [1.29, 1.82) is 0 Å². The Hall–Kier alpha value is -0.690. The van der Waals surface area contributed by atoms with E-state index in [1.54, 1.807) is 0 Å². The van der Waals surface area contributed by atoms with Gasteiger partial charge in [-0.15, -0.1) is 0 Å². The number of hydrogen-bond acceptors (Lipinski definition) is 5. The summed E-state index contributed by atoms with van der Waals surface area (Å²) in [7, 11) is 0. The topological polar surface area (TPSA) is 34.2 Å². The lowest BCUT2D eigenvalue weighted by Crippen LogP contribution is -2.56. The molecule has 7 rings (SSSR count). The zero-order valence-electron chi connectivity index (χ0n) is 28.5. The predicted molar refractivity (Wildman–Crippen MR) is 183 cm³/mol. The van der Waals surface area contributed by atoms with Crippen molar-refractivity contribution in [3.05, 3.63) is 34.9 Å². The van der Waals surface area contributed by atoms with Crippen LogP contribution in [0.3, 0.4) is 0 Å². The third-order valence-corrected chi connectivity index (χ3v) is 14.6. The Balaban J connectivity index is 0.979. The number of ether oxygens (including phenoxy) is 3. The number of rotatable bonds is 12. The molecule has 2 heterocycles. The van der Waals surface area contributed by atoms with Crippen LogP contribution >= 0.6 is 11.6 Å². The summed E-state index contributed by atoms with van der Waals surface area (Å²) < 4.78 is 19.7. The molecule has 6 aliphatic rings. The Morgan fingerprint density at radius 2 is 1.42 bits per heavy atom. The molecular formula is C39H61ClN2O3. The zero-order valence-corrected chi connectivity index (χ0v) is 29.2. The minimum absolute atomic E-state index is 0.172. The van der Waals surface area contributed by atoms with Crippen LogP contribution in [-0.2, 0) is 19.8 Å². The maximum absolute atomic E-state index is 7.25. The molecule has 0 spiro atoms. The first-order valence-corrected chi connectivity index (χ1v) is 19.3. The number of halogens is 1. The Labute approximate surface area is 279 Å². The molecule has 6 heteroatoms. The van der Waals surface area contributed by atoms with Gasteiger partial charge >= 0.3 is 0 Å². The molecule has 2 aliphatic heterocycles. The van der Waals surface area contributed by atoms with Crippen LogP contribution in [0.5, 0.6) is 0 Å². The number of likely N-dealkylation sites (tertiary alicyclic amines) is 2. The fourth-order valence-electron chi connectivity index (χ4n) is 11.8. The normalized spacial score (nSPS) is 40.4. The highest BCUT2D eigenvalue weighted by atomic mass is 35.5. The standard InChI is InChI=1S/C39H61ClN2O3/c1-37-16-13-33(44-28-27-43-25-23-41-19-3-4-20-41)29-31(37)9-12-34-35(37)14-17-38(2)36(34)15-18-39(38,30-7-10-32(40)11-8-30)45-26-24-42-21-5-6-22-42/h7-8,10-11,31,33-36H,3-6,9,12-29H2,1-2H3/t31-,33+,34-,35+,36+,37+,38+,39-/m1/s1. The van der Waals surface area contributed by atoms with E-state index in [0.717, 1.165) is 74.6 Å². The molecule has 0 bridgehead atoms. The molecule has 4 saturated carbocycles. The summed E-state index contributed by atoms with van der Waals surface area (Å²) in [5.74, 6) is 3.21. The molecule has 8 atom stereocenters. The summed E-state index contributed by atoms with van der Waals surface area (Å²) in [6.07, 6.45) is 17.5. The number of hydrogen-bond donors (Lipinski definition) is 0. The Bertz CT molecular complexity index is 1110. The van der Waals surface area contributed by atoms with Crippen molar-refractivity contribution in [2.75, 3.05) is 65.7 Å². The maximum atomic E-state index is 7.25. The summed E-state index contributed by atoms with van der Waals surface area (Å²) in [6.45, 7) is 15.6. The lowest BCUT2D eigenvalue weighted by Gasteiger charge is -2.62. The first-order chi connectivity index (χ1) is 21.9. The van der Waals surface area contributed by atoms with Crippen LogP contribution in [0.1, 0.15) is 103 Å². The zero-order chi connectivity index (χ0) is 30.9. The molecule has 0 radical (unpaired) electrons. The smallest absolute Gasteiger partial charge is 0.0988 e. The minimum atomic E-state index is -0.202. The molecule has 0 unspecified atom stereocenters. The van der Waals surface area contributed by atoms with Gasteiger partial charge in [-0.2, -0.15) is 0 Å². The first-order valence-electron chi connectivity index (χ1n) is 19.0. The van der Waals surface area contributed by atoms with Gasteiger partial charge in [-0.05, 0) is 156 Å². The molecule has 0 amide bonds. The van der Waals surface area contributed by atoms with Crippen LogP contribution in [0, 0.1) is 34.5 Å². The van der Waals surface area contributed by atoms with E-state index in [-0.39, 0.29) is 11.0 Å². The fraction of sp³-hybridized carbons (Fsp3) is 0.846. The number of fused-ring (bicyclic) bond motifs is 5. The second-order valence-corrected chi connectivity index (χ2v) is 16.7. The molecule has 2 saturated heterocycles. The van der Waals surface area contributed by atoms with E-state index < -0.39 is 0 Å². The summed E-state index contributed by atoms with van der Waals surface area (Å²) in [4.78, 5) is 5.13. The van der Waals surface area contributed by atoms with Gasteiger partial charge in [-0.3, -0.25) is 0 Å². The lowest BCUT2D eigenvalue weighted by molar-refractivity contribution is -0.185. The van der Waals surface area contributed by atoms with E-state index in [4.69, 9.17) is 25.8 Å². The van der Waals surface area contributed by atoms with E-state index in [1.165, 1.54) is 109 Å². The Kier molecular flexibility index (Phi) is 10.2. The van der Waals surface area contributed by atoms with Gasteiger partial charge in [0, 0.05) is 23.5 Å². The molecular weight excluding hydrogens is 580 g/mol. The largest absolute Gasteiger partial charge is 0.378 e. The van der Waals surface area contributed by atoms with Crippen molar-refractivity contribution >= 4 is 11.6 Å². The van der Waals surface area contributed by atoms with Gasteiger partial charge in [-0.25, -0.2) is 0 Å². The highest BCUT2D eigenvalue weighted by molar-refractivity contribution is 6.30. The van der Waals surface area contributed by atoms with E-state index in [9.17, 15) is 0 Å². The molecule has 1 aromatic carbocycles. The van der Waals surface area contributed by atoms with E-state index in [1.807, 2.05) is 0 Å². The monoisotopic (exact) mass is 640 g/mol. The number of nitrogens with zero attached hydrogens (tertiary/aromatic N) is 2. The van der Waals surface area contributed by atoms with Gasteiger partial charge in [-0.1, -0.05) is 37.6 Å². The summed E-state index contributed by atoms with van der Waals surface area (Å²) >= 11 is 6.41. The molecule has 4 aliphatic carbocycles. The van der Waals surface area contributed by atoms with Gasteiger partial charge in [0.2, 0.25) is 0 Å². The van der Waals surface area contributed by atoms with Crippen LogP contribution in [0.2, 0.25) is 5.02 Å².